The van der Waals surface area contributed by atoms with E-state index in [9.17, 15) is 31.7 Å². The van der Waals surface area contributed by atoms with Crippen LogP contribution in [0.5, 0.6) is 0 Å². The molecule has 0 aliphatic carbocycles. The van der Waals surface area contributed by atoms with E-state index in [1.54, 1.807) is 20.8 Å². The number of carbonyl (C=O) groups is 1. The zero-order valence-corrected chi connectivity index (χ0v) is 29.9. The average molecular weight is 692 g/mol. The first-order valence-electron chi connectivity index (χ1n) is 14.1. The van der Waals surface area contributed by atoms with Crippen molar-refractivity contribution in [3.63, 3.8) is 0 Å². The highest BCUT2D eigenvalue weighted by Crippen LogP contribution is 2.38. The van der Waals surface area contributed by atoms with Gasteiger partial charge in [0.05, 0.1) is 43.1 Å². The molecule has 2 unspecified atom stereocenters. The number of carbonyl (C=O) groups excluding carboxylic acids is 1. The van der Waals surface area contributed by atoms with Crippen LogP contribution in [0.4, 0.5) is 10.5 Å². The van der Waals surface area contributed by atoms with E-state index < -0.39 is 80.9 Å². The van der Waals surface area contributed by atoms with E-state index in [2.05, 4.69) is 6.58 Å². The number of hydroxylamine groups is 1. The molecular weight excluding hydrogens is 647 g/mol. The summed E-state index contributed by atoms with van der Waals surface area (Å²) < 4.78 is 69.9. The Balaban J connectivity index is 2.79. The number of hydrogen-bond donors (Lipinski definition) is 0. The lowest BCUT2D eigenvalue weighted by Crippen LogP contribution is -2.58. The van der Waals surface area contributed by atoms with Gasteiger partial charge in [-0.3, -0.25) is 24.0 Å². The summed E-state index contributed by atoms with van der Waals surface area (Å²) in [6.45, 7) is 17.4. The van der Waals surface area contributed by atoms with Crippen molar-refractivity contribution in [3.05, 3.63) is 58.7 Å². The molecule has 0 saturated carbocycles. The average Bonchev–Trinajstić information content (AvgIpc) is 2.89. The maximum Gasteiger partial charge on any atom is 0.410 e. The van der Waals surface area contributed by atoms with Gasteiger partial charge >= 0.3 is 6.09 Å². The summed E-state index contributed by atoms with van der Waals surface area (Å²) in [6.07, 6.45) is 2.81. The van der Waals surface area contributed by atoms with E-state index in [1.165, 1.54) is 29.2 Å². The Morgan fingerprint density at radius 3 is 2.27 bits per heavy atom. The van der Waals surface area contributed by atoms with Crippen LogP contribution >= 0.6 is 0 Å². The molecular formula is C28H45N3O11S2Si. The third-order valence-electron chi connectivity index (χ3n) is 7.24. The van der Waals surface area contributed by atoms with Crippen LogP contribution in [-0.2, 0) is 38.3 Å². The second kappa shape index (κ2) is 14.4. The monoisotopic (exact) mass is 691 g/mol. The normalized spacial score (nSPS) is 18.4. The van der Waals surface area contributed by atoms with Gasteiger partial charge in [-0.2, -0.15) is 8.42 Å². The molecule has 1 amide bonds. The van der Waals surface area contributed by atoms with E-state index in [4.69, 9.17) is 18.2 Å². The highest BCUT2D eigenvalue weighted by molar-refractivity contribution is 7.89. The van der Waals surface area contributed by atoms with Gasteiger partial charge in [0.1, 0.15) is 5.60 Å². The number of benzene rings is 1. The number of ether oxygens (including phenoxy) is 1. The summed E-state index contributed by atoms with van der Waals surface area (Å²) in [5.74, 6) is 0. The van der Waals surface area contributed by atoms with Crippen LogP contribution in [0.2, 0.25) is 18.1 Å². The van der Waals surface area contributed by atoms with Gasteiger partial charge in [0.25, 0.3) is 25.8 Å². The third-order valence-corrected chi connectivity index (χ3v) is 14.0. The van der Waals surface area contributed by atoms with E-state index in [0.717, 1.165) is 18.4 Å². The lowest BCUT2D eigenvalue weighted by atomic mass is 9.99. The predicted molar refractivity (Wildman–Crippen MR) is 171 cm³/mol. The van der Waals surface area contributed by atoms with E-state index >= 15 is 0 Å². The zero-order valence-electron chi connectivity index (χ0n) is 27.3. The van der Waals surface area contributed by atoms with Crippen molar-refractivity contribution in [2.24, 2.45) is 0 Å². The largest absolute Gasteiger partial charge is 0.444 e. The molecule has 0 radical (unpaired) electrons. The number of nitrogens with zero attached hydrogens (tertiary/aromatic N) is 3. The molecule has 0 fully saturated rings. The van der Waals surface area contributed by atoms with Crippen LogP contribution in [0.15, 0.2) is 53.5 Å². The molecule has 0 aromatic heterocycles. The minimum atomic E-state index is -4.82. The molecule has 0 spiro atoms. The first-order valence-corrected chi connectivity index (χ1v) is 20.3. The molecule has 14 nitrogen and oxygen atoms in total. The van der Waals surface area contributed by atoms with Crippen molar-refractivity contribution >= 4 is 40.2 Å². The fraction of sp³-hybridized carbons (Fsp3) is 0.607. The minimum Gasteiger partial charge on any atom is -0.444 e. The molecule has 1 heterocycles. The second-order valence-electron chi connectivity index (χ2n) is 13.1. The summed E-state index contributed by atoms with van der Waals surface area (Å²) in [5.41, 5.74) is -1.50. The highest BCUT2D eigenvalue weighted by Gasteiger charge is 2.45. The van der Waals surface area contributed by atoms with Crippen molar-refractivity contribution in [2.45, 2.75) is 82.3 Å². The fourth-order valence-electron chi connectivity index (χ4n) is 3.96. The van der Waals surface area contributed by atoms with Crippen LogP contribution in [0.25, 0.3) is 0 Å². The molecule has 2 rings (SSSR count). The molecule has 1 aromatic rings. The first-order chi connectivity index (χ1) is 20.4. The lowest BCUT2D eigenvalue weighted by molar-refractivity contribution is -0.388. The van der Waals surface area contributed by atoms with Crippen LogP contribution < -0.4 is 0 Å². The Bertz CT molecular complexity index is 1500. The van der Waals surface area contributed by atoms with Crippen LogP contribution in [0, 0.1) is 10.1 Å². The fourth-order valence-corrected chi connectivity index (χ4v) is 6.92. The molecule has 1 aromatic carbocycles. The highest BCUT2D eigenvalue weighted by atomic mass is 32.2. The molecule has 1 aliphatic rings. The maximum atomic E-state index is 14.1. The Labute approximate surface area is 267 Å². The molecule has 0 N–H and O–H groups in total. The number of sulfonamides is 1. The van der Waals surface area contributed by atoms with Gasteiger partial charge in [-0.15, -0.1) is 6.58 Å². The van der Waals surface area contributed by atoms with E-state index in [0.29, 0.717) is 4.47 Å². The third kappa shape index (κ3) is 10.4. The Morgan fingerprint density at radius 1 is 1.16 bits per heavy atom. The molecule has 0 saturated heterocycles. The van der Waals surface area contributed by atoms with Crippen molar-refractivity contribution in [1.82, 2.24) is 9.37 Å². The summed E-state index contributed by atoms with van der Waals surface area (Å²) in [6, 6.07) is 2.50. The van der Waals surface area contributed by atoms with Gasteiger partial charge < -0.3 is 9.16 Å². The summed E-state index contributed by atoms with van der Waals surface area (Å²) >= 11 is 0. The van der Waals surface area contributed by atoms with Gasteiger partial charge in [0.15, 0.2) is 13.2 Å². The summed E-state index contributed by atoms with van der Waals surface area (Å²) in [5, 5.41) is 11.6. The number of para-hydroxylation sites is 1. The van der Waals surface area contributed by atoms with Gasteiger partial charge in [-0.05, 0) is 50.5 Å². The maximum absolute atomic E-state index is 14.1. The van der Waals surface area contributed by atoms with Gasteiger partial charge in [-0.1, -0.05) is 49.5 Å². The Hall–Kier alpha value is -2.67. The number of nitro groups is 1. The molecule has 0 bridgehead atoms. The van der Waals surface area contributed by atoms with Crippen LogP contribution in [0.1, 0.15) is 41.5 Å². The predicted octanol–water partition coefficient (Wildman–Crippen LogP) is 4.62. The minimum absolute atomic E-state index is 0.00471. The molecule has 254 valence electrons. The number of rotatable bonds is 13. The summed E-state index contributed by atoms with van der Waals surface area (Å²) in [7, 11) is -11.2. The standard InChI is InChI=1S/C28H45N3O11S2Si/c1-11-16-39-31(44(37,38)25-15-13-12-14-23(25)30(33)34)24-18-29(26(32)42-27(2,3)4)22(17-21(24)19-40-43(8,35)36)20-41-45(9,10)28(5,6)7/h11-15,17,22,24H,1,16,18-20H2,2-10H3. The van der Waals surface area contributed by atoms with Crippen LogP contribution in [-0.4, -0.2) is 95.8 Å². The molecule has 1 aliphatic heterocycles. The van der Waals surface area contributed by atoms with Crippen LogP contribution in [0.3, 0.4) is 0 Å². The number of nitro benzene ring substituents is 1. The van der Waals surface area contributed by atoms with Crippen molar-refractivity contribution in [3.8, 4) is 0 Å². The molecule has 45 heavy (non-hydrogen) atoms. The smallest absolute Gasteiger partial charge is 0.410 e. The number of hydrogen-bond acceptors (Lipinski definition) is 11. The molecule has 17 heteroatoms. The summed E-state index contributed by atoms with van der Waals surface area (Å²) in [4.78, 5) is 30.8. The topological polar surface area (TPSA) is 172 Å². The Morgan fingerprint density at radius 2 is 1.76 bits per heavy atom. The second-order valence-corrected chi connectivity index (χ2v) is 21.3. The zero-order chi connectivity index (χ0) is 34.6. The quantitative estimate of drug-likeness (QED) is 0.0929. The van der Waals surface area contributed by atoms with E-state index in [1.807, 2.05) is 33.9 Å². The van der Waals surface area contributed by atoms with E-state index in [-0.39, 0.29) is 23.8 Å². The number of amides is 1. The lowest BCUT2D eigenvalue weighted by Gasteiger charge is -2.43. The van der Waals surface area contributed by atoms with Gasteiger partial charge in [0, 0.05) is 12.6 Å². The first kappa shape index (κ1) is 38.5. The van der Waals surface area contributed by atoms with Crippen molar-refractivity contribution < 1.29 is 44.7 Å². The Kier molecular flexibility index (Phi) is 12.3. The van der Waals surface area contributed by atoms with Gasteiger partial charge in [0.2, 0.25) is 0 Å². The van der Waals surface area contributed by atoms with Crippen molar-refractivity contribution in [1.29, 1.82) is 0 Å². The molecule has 2 atom stereocenters. The van der Waals surface area contributed by atoms with Crippen molar-refractivity contribution in [2.75, 3.05) is 32.6 Å². The SMILES string of the molecule is C=CCON(C1CN(C(=O)OC(C)(C)C)C(CO[Si](C)(C)C(C)(C)C)C=C1COS(C)(=O)=O)S(=O)(=O)c1ccccc1[N+](=O)[O-]. The van der Waals surface area contributed by atoms with Gasteiger partial charge in [-0.25, -0.2) is 13.2 Å².